The molecule has 1 saturated carbocycles. The second kappa shape index (κ2) is 9.66. The maximum atomic E-state index is 12.1. The highest BCUT2D eigenvalue weighted by atomic mass is 32.2. The molecule has 0 aromatic rings. The third kappa shape index (κ3) is 9.49. The van der Waals surface area contributed by atoms with Crippen molar-refractivity contribution >= 4 is 21.9 Å². The van der Waals surface area contributed by atoms with Gasteiger partial charge in [0.1, 0.15) is 11.8 Å². The van der Waals surface area contributed by atoms with E-state index in [1.807, 2.05) is 20.8 Å². The summed E-state index contributed by atoms with van der Waals surface area (Å²) in [6.07, 6.45) is 3.47. The van der Waals surface area contributed by atoms with E-state index in [1.54, 1.807) is 0 Å². The molecular weight excluding hydrogens is 360 g/mol. The van der Waals surface area contributed by atoms with Gasteiger partial charge < -0.3 is 15.2 Å². The van der Waals surface area contributed by atoms with E-state index in [2.05, 4.69) is 17.0 Å². The number of hydrogen-bond acceptors (Lipinski definition) is 5. The maximum absolute atomic E-state index is 12.1. The summed E-state index contributed by atoms with van der Waals surface area (Å²) in [4.78, 5) is 23.3. The number of ether oxygens (including phenoxy) is 1. The average molecular weight is 393 g/mol. The zero-order valence-corrected chi connectivity index (χ0v) is 16.9. The molecule has 3 N–H and O–H groups in total. The van der Waals surface area contributed by atoms with Crippen molar-refractivity contribution in [3.8, 4) is 0 Å². The number of carbonyl (C=O) groups is 2. The molecule has 0 aliphatic heterocycles. The first-order valence-corrected chi connectivity index (χ1v) is 10.7. The number of carbonyl (C=O) groups excluding carboxylic acids is 1. The van der Waals surface area contributed by atoms with Crippen LogP contribution in [0.1, 0.15) is 59.8 Å². The molecule has 0 saturated heterocycles. The van der Waals surface area contributed by atoms with E-state index in [-0.39, 0.29) is 19.1 Å². The van der Waals surface area contributed by atoms with Crippen molar-refractivity contribution in [1.29, 1.82) is 0 Å². The lowest BCUT2D eigenvalue weighted by atomic mass is 9.88. The van der Waals surface area contributed by atoms with Crippen molar-refractivity contribution in [2.45, 2.75) is 77.5 Å². The summed E-state index contributed by atoms with van der Waals surface area (Å²) >= 11 is 0. The van der Waals surface area contributed by atoms with Crippen molar-refractivity contribution in [2.24, 2.45) is 5.92 Å². The minimum absolute atomic E-state index is 0.0618. The Labute approximate surface area is 156 Å². The fraction of sp³-hybridized carbons (Fsp3) is 0.882. The molecule has 1 unspecified atom stereocenters. The number of rotatable bonds is 9. The summed E-state index contributed by atoms with van der Waals surface area (Å²) in [5, 5.41) is 11.5. The molecule has 1 atom stereocenters. The van der Waals surface area contributed by atoms with Crippen molar-refractivity contribution < 1.29 is 27.9 Å². The lowest BCUT2D eigenvalue weighted by molar-refractivity contribution is -0.142. The predicted octanol–water partition coefficient (Wildman–Crippen LogP) is 1.26. The summed E-state index contributed by atoms with van der Waals surface area (Å²) in [5.41, 5.74) is -0.419. The fourth-order valence-corrected chi connectivity index (χ4v) is 4.08. The second-order valence-electron chi connectivity index (χ2n) is 8.04. The van der Waals surface area contributed by atoms with Gasteiger partial charge >= 0.3 is 5.97 Å². The number of amides is 1. The monoisotopic (exact) mass is 392 g/mol. The molecule has 1 aliphatic carbocycles. The normalized spacial score (nSPS) is 22.6. The molecule has 0 aromatic heterocycles. The van der Waals surface area contributed by atoms with Crippen LogP contribution >= 0.6 is 0 Å². The third-order valence-corrected chi connectivity index (χ3v) is 5.59. The molecule has 0 aromatic carbocycles. The number of carboxylic acid groups (broad SMARTS) is 1. The van der Waals surface area contributed by atoms with Crippen LogP contribution in [0.15, 0.2) is 0 Å². The van der Waals surface area contributed by atoms with E-state index < -0.39 is 39.3 Å². The van der Waals surface area contributed by atoms with Gasteiger partial charge in [-0.3, -0.25) is 4.79 Å². The first-order valence-electron chi connectivity index (χ1n) is 9.04. The molecule has 9 heteroatoms. The van der Waals surface area contributed by atoms with E-state index in [0.29, 0.717) is 5.92 Å². The molecule has 152 valence electrons. The molecule has 8 nitrogen and oxygen atoms in total. The summed E-state index contributed by atoms with van der Waals surface area (Å²) in [7, 11) is -3.80. The molecule has 0 heterocycles. The van der Waals surface area contributed by atoms with Crippen LogP contribution in [0, 0.1) is 5.92 Å². The van der Waals surface area contributed by atoms with Crippen molar-refractivity contribution in [2.75, 3.05) is 12.4 Å². The van der Waals surface area contributed by atoms with Crippen molar-refractivity contribution in [1.82, 2.24) is 10.0 Å². The highest BCUT2D eigenvalue weighted by Gasteiger charge is 2.27. The van der Waals surface area contributed by atoms with E-state index in [0.717, 1.165) is 25.7 Å². The predicted molar refractivity (Wildman–Crippen MR) is 98.2 cm³/mol. The minimum atomic E-state index is -3.80. The molecule has 1 amide bonds. The smallest absolute Gasteiger partial charge is 0.326 e. The van der Waals surface area contributed by atoms with E-state index in [9.17, 15) is 23.1 Å². The number of carboxylic acids is 1. The standard InChI is InChI=1S/C17H32N2O6S/c1-12-5-7-13(8-6-12)19-26(23,24)11-15(20)18-14(16(21)22)9-10-25-17(2,3)4/h12-14,19H,5-11H2,1-4H3,(H,18,20)(H,21,22). The summed E-state index contributed by atoms with van der Waals surface area (Å²) in [6.45, 7) is 7.79. The van der Waals surface area contributed by atoms with Crippen molar-refractivity contribution in [3.05, 3.63) is 0 Å². The van der Waals surface area contributed by atoms with Crippen LogP contribution in [0.5, 0.6) is 0 Å². The topological polar surface area (TPSA) is 122 Å². The van der Waals surface area contributed by atoms with Gasteiger partial charge in [-0.1, -0.05) is 6.92 Å². The van der Waals surface area contributed by atoms with Crippen LogP contribution in [0.2, 0.25) is 0 Å². The molecule has 0 spiro atoms. The van der Waals surface area contributed by atoms with Gasteiger partial charge in [0.15, 0.2) is 0 Å². The molecule has 0 radical (unpaired) electrons. The zero-order valence-electron chi connectivity index (χ0n) is 16.1. The fourth-order valence-electron chi connectivity index (χ4n) is 2.82. The molecule has 0 bridgehead atoms. The van der Waals surface area contributed by atoms with Gasteiger partial charge in [0.05, 0.1) is 5.60 Å². The minimum Gasteiger partial charge on any atom is -0.480 e. The van der Waals surface area contributed by atoms with Gasteiger partial charge in [-0.05, 0) is 52.4 Å². The Hall–Kier alpha value is -1.19. The van der Waals surface area contributed by atoms with Crippen LogP contribution in [0.3, 0.4) is 0 Å². The Bertz CT molecular complexity index is 577. The Morgan fingerprint density at radius 2 is 1.77 bits per heavy atom. The van der Waals surface area contributed by atoms with E-state index in [1.165, 1.54) is 0 Å². The number of nitrogens with one attached hydrogen (secondary N) is 2. The SMILES string of the molecule is CC1CCC(NS(=O)(=O)CC(=O)NC(CCOC(C)(C)C)C(=O)O)CC1. The van der Waals surface area contributed by atoms with Gasteiger partial charge in [-0.15, -0.1) is 0 Å². The Morgan fingerprint density at radius 3 is 2.27 bits per heavy atom. The van der Waals surface area contributed by atoms with Crippen molar-refractivity contribution in [3.63, 3.8) is 0 Å². The van der Waals surface area contributed by atoms with Crippen LogP contribution in [-0.4, -0.2) is 55.4 Å². The first-order chi connectivity index (χ1) is 11.9. The van der Waals surface area contributed by atoms with E-state index >= 15 is 0 Å². The van der Waals surface area contributed by atoms with E-state index in [4.69, 9.17) is 4.74 Å². The molecule has 1 aliphatic rings. The largest absolute Gasteiger partial charge is 0.480 e. The van der Waals surface area contributed by atoms with Crippen LogP contribution in [0.4, 0.5) is 0 Å². The zero-order chi connectivity index (χ0) is 20.0. The third-order valence-electron chi connectivity index (χ3n) is 4.26. The molecule has 26 heavy (non-hydrogen) atoms. The quantitative estimate of drug-likeness (QED) is 0.543. The van der Waals surface area contributed by atoms with Crippen LogP contribution in [-0.2, 0) is 24.3 Å². The van der Waals surface area contributed by atoms with Gasteiger partial charge in [0, 0.05) is 19.1 Å². The Morgan fingerprint density at radius 1 is 1.19 bits per heavy atom. The lowest BCUT2D eigenvalue weighted by Gasteiger charge is -2.26. The highest BCUT2D eigenvalue weighted by Crippen LogP contribution is 2.23. The molecule has 1 rings (SSSR count). The second-order valence-corrected chi connectivity index (χ2v) is 9.80. The Kier molecular flexibility index (Phi) is 8.49. The summed E-state index contributed by atoms with van der Waals surface area (Å²) in [6, 6.07) is -1.34. The van der Waals surface area contributed by atoms with Gasteiger partial charge in [-0.25, -0.2) is 17.9 Å². The number of hydrogen-bond donors (Lipinski definition) is 3. The first kappa shape index (κ1) is 22.9. The van der Waals surface area contributed by atoms with Crippen LogP contribution in [0.25, 0.3) is 0 Å². The Balaban J connectivity index is 2.49. The summed E-state index contributed by atoms with van der Waals surface area (Å²) in [5.74, 6) is -2.24. The van der Waals surface area contributed by atoms with Gasteiger partial charge in [-0.2, -0.15) is 0 Å². The number of aliphatic carboxylic acids is 1. The highest BCUT2D eigenvalue weighted by molar-refractivity contribution is 7.90. The lowest BCUT2D eigenvalue weighted by Crippen LogP contribution is -2.47. The van der Waals surface area contributed by atoms with Crippen LogP contribution < -0.4 is 10.0 Å². The molecular formula is C17H32N2O6S. The average Bonchev–Trinajstić information content (AvgIpc) is 2.46. The maximum Gasteiger partial charge on any atom is 0.326 e. The summed E-state index contributed by atoms with van der Waals surface area (Å²) < 4.78 is 32.3. The number of sulfonamides is 1. The van der Waals surface area contributed by atoms with Gasteiger partial charge in [0.2, 0.25) is 15.9 Å². The molecule has 1 fully saturated rings. The van der Waals surface area contributed by atoms with Gasteiger partial charge in [0.25, 0.3) is 0 Å².